The predicted molar refractivity (Wildman–Crippen MR) is 153 cm³/mol. The molecule has 0 unspecified atom stereocenters. The molecule has 2 aromatic carbocycles. The smallest absolute Gasteiger partial charge is 0.162 e. The molecule has 0 saturated carbocycles. The maximum absolute atomic E-state index is 12.9. The van der Waals surface area contributed by atoms with Gasteiger partial charge in [-0.2, -0.15) is 0 Å². The molecular formula is C33H44N2O3. The highest BCUT2D eigenvalue weighted by Gasteiger charge is 2.21. The van der Waals surface area contributed by atoms with Gasteiger partial charge >= 0.3 is 0 Å². The fraction of sp³-hybridized carbons (Fsp3) is 0.576. The van der Waals surface area contributed by atoms with E-state index in [-0.39, 0.29) is 11.6 Å². The molecule has 5 heteroatoms. The number of ether oxygens (including phenoxy) is 1. The lowest BCUT2D eigenvalue weighted by molar-refractivity contribution is 0.0963. The van der Waals surface area contributed by atoms with E-state index < -0.39 is 0 Å². The third kappa shape index (κ3) is 6.92. The molecular weight excluding hydrogens is 472 g/mol. The van der Waals surface area contributed by atoms with E-state index in [4.69, 9.17) is 4.74 Å². The molecule has 0 radical (unpaired) electrons. The number of benzene rings is 2. The number of rotatable bonds is 10. The van der Waals surface area contributed by atoms with Crippen molar-refractivity contribution in [2.24, 2.45) is 11.8 Å². The van der Waals surface area contributed by atoms with Crippen LogP contribution in [0.2, 0.25) is 0 Å². The summed E-state index contributed by atoms with van der Waals surface area (Å²) in [6, 6.07) is 11.6. The Kier molecular flexibility index (Phi) is 8.96. The highest BCUT2D eigenvalue weighted by atomic mass is 16.5. The molecule has 0 bridgehead atoms. The van der Waals surface area contributed by atoms with Crippen LogP contribution in [0.3, 0.4) is 0 Å². The van der Waals surface area contributed by atoms with E-state index in [1.165, 1.54) is 25.7 Å². The van der Waals surface area contributed by atoms with E-state index in [9.17, 15) is 9.59 Å². The second kappa shape index (κ2) is 12.6. The second-order valence-electron chi connectivity index (χ2n) is 12.0. The average molecular weight is 517 g/mol. The molecule has 2 fully saturated rings. The highest BCUT2D eigenvalue weighted by molar-refractivity contribution is 5.97. The SMILES string of the molecule is CC1CCN(CCCC(=O)c2ccc3c(c2)Cc2cc(C(=O)CCCN4CCC(C)CC4)ccc2O3)CC1. The van der Waals surface area contributed by atoms with Crippen molar-refractivity contribution in [3.8, 4) is 11.5 Å². The average Bonchev–Trinajstić information content (AvgIpc) is 2.93. The number of hydrogen-bond donors (Lipinski definition) is 0. The van der Waals surface area contributed by atoms with Gasteiger partial charge in [0.25, 0.3) is 0 Å². The van der Waals surface area contributed by atoms with Crippen LogP contribution in [0.4, 0.5) is 0 Å². The van der Waals surface area contributed by atoms with Crippen LogP contribution in [-0.2, 0) is 6.42 Å². The Balaban J connectivity index is 1.13. The van der Waals surface area contributed by atoms with Gasteiger partial charge in [-0.3, -0.25) is 9.59 Å². The highest BCUT2D eigenvalue weighted by Crippen LogP contribution is 2.37. The number of Topliss-reactive ketones (excluding diaryl/α,β-unsaturated/α-hetero) is 2. The number of carbonyl (C=O) groups excluding carboxylic acids is 2. The molecule has 3 aliphatic heterocycles. The lowest BCUT2D eigenvalue weighted by Gasteiger charge is -2.30. The minimum atomic E-state index is 0.205. The first-order valence-electron chi connectivity index (χ1n) is 14.9. The predicted octanol–water partition coefficient (Wildman–Crippen LogP) is 6.77. The summed E-state index contributed by atoms with van der Waals surface area (Å²) >= 11 is 0. The van der Waals surface area contributed by atoms with Crippen LogP contribution in [0, 0.1) is 11.8 Å². The van der Waals surface area contributed by atoms with Crippen molar-refractivity contribution in [3.63, 3.8) is 0 Å². The van der Waals surface area contributed by atoms with Crippen LogP contribution in [0.15, 0.2) is 36.4 Å². The number of ketones is 2. The number of carbonyl (C=O) groups is 2. The first-order chi connectivity index (χ1) is 18.4. The monoisotopic (exact) mass is 516 g/mol. The van der Waals surface area contributed by atoms with Crippen LogP contribution >= 0.6 is 0 Å². The summed E-state index contributed by atoms with van der Waals surface area (Å²) in [5.41, 5.74) is 3.58. The topological polar surface area (TPSA) is 49.9 Å². The first-order valence-corrected chi connectivity index (χ1v) is 14.9. The van der Waals surface area contributed by atoms with Crippen molar-refractivity contribution in [2.45, 2.75) is 71.6 Å². The van der Waals surface area contributed by atoms with Gasteiger partial charge in [0.2, 0.25) is 0 Å². The Labute approximate surface area is 228 Å². The minimum Gasteiger partial charge on any atom is -0.457 e. The van der Waals surface area contributed by atoms with E-state index in [1.54, 1.807) is 0 Å². The van der Waals surface area contributed by atoms with E-state index in [2.05, 4.69) is 23.6 Å². The van der Waals surface area contributed by atoms with Crippen LogP contribution in [0.5, 0.6) is 11.5 Å². The Morgan fingerprint density at radius 2 is 1.13 bits per heavy atom. The van der Waals surface area contributed by atoms with Gasteiger partial charge in [0.05, 0.1) is 0 Å². The quantitative estimate of drug-likeness (QED) is 0.278. The number of piperidine rings is 2. The third-order valence-electron chi connectivity index (χ3n) is 8.87. The van der Waals surface area contributed by atoms with Gasteiger partial charge in [-0.05, 0) is 126 Å². The van der Waals surface area contributed by atoms with E-state index >= 15 is 0 Å². The van der Waals surface area contributed by atoms with Crippen LogP contribution in [0.25, 0.3) is 0 Å². The lowest BCUT2D eigenvalue weighted by Crippen LogP contribution is -2.33. The molecule has 0 amide bonds. The second-order valence-corrected chi connectivity index (χ2v) is 12.0. The third-order valence-corrected chi connectivity index (χ3v) is 8.87. The van der Waals surface area contributed by atoms with Crippen LogP contribution in [0.1, 0.15) is 97.1 Å². The van der Waals surface area contributed by atoms with Gasteiger partial charge in [-0.1, -0.05) is 13.8 Å². The number of hydrogen-bond acceptors (Lipinski definition) is 5. The molecule has 2 aromatic rings. The number of likely N-dealkylation sites (tertiary alicyclic amines) is 2. The number of nitrogens with zero attached hydrogens (tertiary/aromatic N) is 2. The van der Waals surface area contributed by atoms with Crippen molar-refractivity contribution < 1.29 is 14.3 Å². The normalized spacial score (nSPS) is 19.0. The maximum Gasteiger partial charge on any atom is 0.162 e. The van der Waals surface area contributed by atoms with E-state index in [1.807, 2.05) is 36.4 Å². The fourth-order valence-corrected chi connectivity index (χ4v) is 6.09. The molecule has 3 aliphatic rings. The van der Waals surface area contributed by atoms with Gasteiger partial charge in [0, 0.05) is 41.5 Å². The maximum atomic E-state index is 12.9. The minimum absolute atomic E-state index is 0.205. The Bertz CT molecular complexity index is 1040. The molecule has 2 saturated heterocycles. The summed E-state index contributed by atoms with van der Waals surface area (Å²) in [6.07, 6.45) is 8.74. The summed E-state index contributed by atoms with van der Waals surface area (Å²) < 4.78 is 6.15. The standard InChI is InChI=1S/C33H44N2O3/c1-24-11-17-34(18-12-24)15-3-5-30(36)26-7-9-32-28(21-26)23-29-22-27(8-10-33(29)38-32)31(37)6-4-16-35-19-13-25(2)14-20-35/h7-10,21-22,24-25H,3-6,11-20,23H2,1-2H3. The molecule has 5 nitrogen and oxygen atoms in total. The molecule has 0 N–H and O–H groups in total. The molecule has 0 aromatic heterocycles. The van der Waals surface area contributed by atoms with Crippen molar-refractivity contribution in [1.82, 2.24) is 9.80 Å². The Morgan fingerprint density at radius 1 is 0.711 bits per heavy atom. The van der Waals surface area contributed by atoms with Crippen molar-refractivity contribution in [3.05, 3.63) is 58.7 Å². The Morgan fingerprint density at radius 3 is 1.55 bits per heavy atom. The summed E-state index contributed by atoms with van der Waals surface area (Å²) in [7, 11) is 0. The Hall–Kier alpha value is -2.50. The molecule has 38 heavy (non-hydrogen) atoms. The zero-order valence-electron chi connectivity index (χ0n) is 23.3. The van der Waals surface area contributed by atoms with Crippen LogP contribution in [-0.4, -0.2) is 60.6 Å². The summed E-state index contributed by atoms with van der Waals surface area (Å²) in [5.74, 6) is 3.70. The van der Waals surface area contributed by atoms with Crippen LogP contribution < -0.4 is 4.74 Å². The lowest BCUT2D eigenvalue weighted by atomic mass is 9.94. The van der Waals surface area contributed by atoms with E-state index in [0.29, 0.717) is 19.3 Å². The van der Waals surface area contributed by atoms with Gasteiger partial charge in [-0.25, -0.2) is 0 Å². The molecule has 0 atom stereocenters. The molecule has 5 rings (SSSR count). The van der Waals surface area contributed by atoms with Gasteiger partial charge in [0.15, 0.2) is 11.6 Å². The molecule has 0 spiro atoms. The zero-order valence-corrected chi connectivity index (χ0v) is 23.3. The summed E-state index contributed by atoms with van der Waals surface area (Å²) in [5, 5.41) is 0. The van der Waals surface area contributed by atoms with Crippen molar-refractivity contribution >= 4 is 11.6 Å². The largest absolute Gasteiger partial charge is 0.457 e. The van der Waals surface area contributed by atoms with Gasteiger partial charge < -0.3 is 14.5 Å². The number of fused-ring (bicyclic) bond motifs is 2. The van der Waals surface area contributed by atoms with Gasteiger partial charge in [0.1, 0.15) is 11.5 Å². The van der Waals surface area contributed by atoms with E-state index in [0.717, 1.165) is 97.7 Å². The first kappa shape index (κ1) is 27.1. The van der Waals surface area contributed by atoms with Crippen molar-refractivity contribution in [1.29, 1.82) is 0 Å². The fourth-order valence-electron chi connectivity index (χ4n) is 6.09. The summed E-state index contributed by atoms with van der Waals surface area (Å²) in [6.45, 7) is 11.3. The zero-order chi connectivity index (χ0) is 26.5. The molecule has 204 valence electrons. The van der Waals surface area contributed by atoms with Crippen molar-refractivity contribution in [2.75, 3.05) is 39.3 Å². The molecule has 0 aliphatic carbocycles. The van der Waals surface area contributed by atoms with Gasteiger partial charge in [-0.15, -0.1) is 0 Å². The summed E-state index contributed by atoms with van der Waals surface area (Å²) in [4.78, 5) is 30.9. The molecule has 3 heterocycles.